The first kappa shape index (κ1) is 13.9. The number of rotatable bonds is 4. The fraction of sp³-hybridized carbons (Fsp3) is 0.412. The third-order valence-corrected chi connectivity index (χ3v) is 4.45. The number of hydrogen-bond donors (Lipinski definition) is 2. The van der Waals surface area contributed by atoms with E-state index >= 15 is 0 Å². The topological polar surface area (TPSA) is 66.4 Å². The third-order valence-electron chi connectivity index (χ3n) is 4.45. The van der Waals surface area contributed by atoms with E-state index in [4.69, 9.17) is 0 Å². The van der Waals surface area contributed by atoms with Crippen LogP contribution in [0.2, 0.25) is 0 Å². The molecule has 2 aliphatic rings. The predicted octanol–water partition coefficient (Wildman–Crippen LogP) is 2.08. The number of carboxylic acid groups (broad SMARTS) is 1. The van der Waals surface area contributed by atoms with Crippen LogP contribution >= 0.6 is 0 Å². The second kappa shape index (κ2) is 5.02. The van der Waals surface area contributed by atoms with Gasteiger partial charge in [0.1, 0.15) is 5.54 Å². The van der Waals surface area contributed by atoms with E-state index in [1.54, 1.807) is 6.08 Å². The summed E-state index contributed by atoms with van der Waals surface area (Å²) in [4.78, 5) is 23.9. The van der Waals surface area contributed by atoms with Crippen molar-refractivity contribution in [2.24, 2.45) is 5.92 Å². The molecule has 1 aromatic carbocycles. The van der Waals surface area contributed by atoms with E-state index in [0.29, 0.717) is 18.8 Å². The fourth-order valence-electron chi connectivity index (χ4n) is 3.04. The number of carbonyl (C=O) groups excluding carboxylic acids is 1. The van der Waals surface area contributed by atoms with Crippen LogP contribution in [-0.2, 0) is 22.4 Å². The maximum absolute atomic E-state index is 12.2. The Kier molecular flexibility index (Phi) is 3.32. The molecule has 1 amide bonds. The van der Waals surface area contributed by atoms with Gasteiger partial charge in [-0.05, 0) is 36.8 Å². The number of benzene rings is 1. The third kappa shape index (κ3) is 2.71. The molecule has 3 rings (SSSR count). The van der Waals surface area contributed by atoms with Crippen LogP contribution in [0.25, 0.3) is 0 Å². The van der Waals surface area contributed by atoms with Crippen molar-refractivity contribution in [2.45, 2.75) is 38.1 Å². The quantitative estimate of drug-likeness (QED) is 0.832. The fourth-order valence-corrected chi connectivity index (χ4v) is 3.04. The minimum absolute atomic E-state index is 0.297. The van der Waals surface area contributed by atoms with E-state index in [2.05, 4.69) is 5.32 Å². The summed E-state index contributed by atoms with van der Waals surface area (Å²) in [7, 11) is 0. The molecular formula is C17H19NO3. The lowest BCUT2D eigenvalue weighted by molar-refractivity contribution is -0.146. The van der Waals surface area contributed by atoms with E-state index in [9.17, 15) is 14.7 Å². The normalized spacial score (nSPS) is 20.0. The van der Waals surface area contributed by atoms with Crippen molar-refractivity contribution in [3.8, 4) is 0 Å². The summed E-state index contributed by atoms with van der Waals surface area (Å²) in [5.74, 6) is -0.753. The lowest BCUT2D eigenvalue weighted by Gasteiger charge is -2.24. The summed E-state index contributed by atoms with van der Waals surface area (Å²) in [6.45, 7) is 1.94. The Morgan fingerprint density at radius 1 is 1.24 bits per heavy atom. The van der Waals surface area contributed by atoms with Gasteiger partial charge in [0.2, 0.25) is 5.91 Å². The Balaban J connectivity index is 1.79. The number of aliphatic carboxylic acids is 1. The molecule has 21 heavy (non-hydrogen) atoms. The Morgan fingerprint density at radius 2 is 1.81 bits per heavy atom. The summed E-state index contributed by atoms with van der Waals surface area (Å²) >= 11 is 0. The van der Waals surface area contributed by atoms with E-state index in [0.717, 1.165) is 29.5 Å². The number of allylic oxidation sites excluding steroid dienone is 1. The lowest BCUT2D eigenvalue weighted by atomic mass is 9.95. The molecule has 0 heterocycles. The number of carbonyl (C=O) groups is 2. The molecule has 110 valence electrons. The smallest absolute Gasteiger partial charge is 0.330 e. The average molecular weight is 285 g/mol. The molecule has 1 fully saturated rings. The highest BCUT2D eigenvalue weighted by molar-refractivity contribution is 5.94. The molecule has 0 aromatic heterocycles. The first-order valence-corrected chi connectivity index (χ1v) is 7.31. The highest BCUT2D eigenvalue weighted by Gasteiger charge is 2.45. The van der Waals surface area contributed by atoms with Gasteiger partial charge in [0, 0.05) is 18.9 Å². The molecule has 1 aromatic rings. The Bertz CT molecular complexity index is 604. The number of carboxylic acids is 1. The van der Waals surface area contributed by atoms with E-state index in [-0.39, 0.29) is 5.91 Å². The second-order valence-corrected chi connectivity index (χ2v) is 6.16. The first-order chi connectivity index (χ1) is 10.00. The van der Waals surface area contributed by atoms with Gasteiger partial charge in [0.25, 0.3) is 0 Å². The summed E-state index contributed by atoms with van der Waals surface area (Å²) in [5, 5.41) is 12.3. The molecule has 4 nitrogen and oxygen atoms in total. The average Bonchev–Trinajstić information content (AvgIpc) is 3.19. The highest BCUT2D eigenvalue weighted by atomic mass is 16.4. The molecule has 0 saturated heterocycles. The van der Waals surface area contributed by atoms with E-state index in [1.165, 1.54) is 0 Å². The van der Waals surface area contributed by atoms with Crippen LogP contribution in [0.1, 0.15) is 30.9 Å². The van der Waals surface area contributed by atoms with Crippen molar-refractivity contribution < 1.29 is 14.7 Å². The zero-order valence-electron chi connectivity index (χ0n) is 12.1. The van der Waals surface area contributed by atoms with Gasteiger partial charge < -0.3 is 10.4 Å². The maximum Gasteiger partial charge on any atom is 0.330 e. The van der Waals surface area contributed by atoms with Crippen molar-refractivity contribution >= 4 is 11.9 Å². The molecule has 2 aliphatic carbocycles. The SMILES string of the molecule is C/C(=C\C(=O)NC1(C(=O)O)Cc2ccccc2C1)C1CC1. The molecular weight excluding hydrogens is 266 g/mol. The minimum Gasteiger partial charge on any atom is -0.479 e. The minimum atomic E-state index is -1.21. The summed E-state index contributed by atoms with van der Waals surface area (Å²) in [6, 6.07) is 7.65. The summed E-state index contributed by atoms with van der Waals surface area (Å²) < 4.78 is 0. The van der Waals surface area contributed by atoms with Crippen molar-refractivity contribution in [2.75, 3.05) is 0 Å². The van der Waals surface area contributed by atoms with Crippen LogP contribution in [0.5, 0.6) is 0 Å². The number of amides is 1. The zero-order valence-corrected chi connectivity index (χ0v) is 12.1. The number of fused-ring (bicyclic) bond motifs is 1. The van der Waals surface area contributed by atoms with Crippen LogP contribution in [0.3, 0.4) is 0 Å². The van der Waals surface area contributed by atoms with Gasteiger partial charge in [-0.25, -0.2) is 4.79 Å². The second-order valence-electron chi connectivity index (χ2n) is 6.16. The van der Waals surface area contributed by atoms with Crippen LogP contribution in [0.4, 0.5) is 0 Å². The summed E-state index contributed by atoms with van der Waals surface area (Å²) in [5.41, 5.74) is 1.84. The van der Waals surface area contributed by atoms with Crippen molar-refractivity contribution in [1.29, 1.82) is 0 Å². The molecule has 2 N–H and O–H groups in total. The van der Waals surface area contributed by atoms with Crippen molar-refractivity contribution in [3.63, 3.8) is 0 Å². The first-order valence-electron chi connectivity index (χ1n) is 7.31. The molecule has 4 heteroatoms. The number of nitrogens with one attached hydrogen (secondary N) is 1. The van der Waals surface area contributed by atoms with Crippen molar-refractivity contribution in [1.82, 2.24) is 5.32 Å². The molecule has 0 unspecified atom stereocenters. The lowest BCUT2D eigenvalue weighted by Crippen LogP contribution is -2.55. The Morgan fingerprint density at radius 3 is 2.29 bits per heavy atom. The highest BCUT2D eigenvalue weighted by Crippen LogP contribution is 2.36. The Labute approximate surface area is 123 Å². The monoisotopic (exact) mass is 285 g/mol. The molecule has 0 atom stereocenters. The van der Waals surface area contributed by atoms with Gasteiger partial charge in [0.15, 0.2) is 0 Å². The number of hydrogen-bond acceptors (Lipinski definition) is 2. The molecule has 0 radical (unpaired) electrons. The van der Waals surface area contributed by atoms with Crippen molar-refractivity contribution in [3.05, 3.63) is 47.0 Å². The van der Waals surface area contributed by atoms with Crippen LogP contribution in [-0.4, -0.2) is 22.5 Å². The van der Waals surface area contributed by atoms with E-state index < -0.39 is 11.5 Å². The maximum atomic E-state index is 12.2. The van der Waals surface area contributed by atoms with E-state index in [1.807, 2.05) is 31.2 Å². The summed E-state index contributed by atoms with van der Waals surface area (Å²) in [6.07, 6.45) is 4.52. The molecule has 0 spiro atoms. The van der Waals surface area contributed by atoms with Gasteiger partial charge in [-0.2, -0.15) is 0 Å². The van der Waals surface area contributed by atoms with Crippen LogP contribution in [0.15, 0.2) is 35.9 Å². The van der Waals surface area contributed by atoms with Crippen LogP contribution in [0, 0.1) is 5.92 Å². The van der Waals surface area contributed by atoms with Crippen LogP contribution < -0.4 is 5.32 Å². The zero-order chi connectivity index (χ0) is 15.0. The van der Waals surface area contributed by atoms with Gasteiger partial charge in [0.05, 0.1) is 0 Å². The van der Waals surface area contributed by atoms with Gasteiger partial charge in [-0.1, -0.05) is 29.8 Å². The molecule has 1 saturated carbocycles. The Hall–Kier alpha value is -2.10. The van der Waals surface area contributed by atoms with Gasteiger partial charge in [-0.15, -0.1) is 0 Å². The standard InChI is InChI=1S/C17H19NO3/c1-11(12-6-7-12)8-15(19)18-17(16(20)21)9-13-4-2-3-5-14(13)10-17/h2-5,8,12H,6-7,9-10H2,1H3,(H,18,19)(H,20,21)/b11-8+. The predicted molar refractivity (Wildman–Crippen MR) is 78.8 cm³/mol. The van der Waals surface area contributed by atoms with Gasteiger partial charge >= 0.3 is 5.97 Å². The van der Waals surface area contributed by atoms with Gasteiger partial charge in [-0.3, -0.25) is 4.79 Å². The largest absolute Gasteiger partial charge is 0.479 e. The molecule has 0 aliphatic heterocycles. The molecule has 0 bridgehead atoms.